The van der Waals surface area contributed by atoms with Crippen LogP contribution in [0.15, 0.2) is 28.9 Å². The minimum absolute atomic E-state index is 0.321. The van der Waals surface area contributed by atoms with Gasteiger partial charge in [0, 0.05) is 32.4 Å². The SMILES string of the molecule is Cc1ccc(CN2CC[C@H](OCC3CC3)[C@H]2Cc2cnn(C)c2)o1. The van der Waals surface area contributed by atoms with Gasteiger partial charge in [-0.2, -0.15) is 5.10 Å². The molecule has 5 heteroatoms. The Morgan fingerprint density at radius 3 is 2.83 bits per heavy atom. The monoisotopic (exact) mass is 329 g/mol. The van der Waals surface area contributed by atoms with Crippen LogP contribution in [0.4, 0.5) is 0 Å². The number of aryl methyl sites for hydroxylation is 2. The Morgan fingerprint density at radius 2 is 2.17 bits per heavy atom. The maximum atomic E-state index is 6.29. The van der Waals surface area contributed by atoms with Gasteiger partial charge in [0.05, 0.1) is 18.8 Å². The van der Waals surface area contributed by atoms with Crippen LogP contribution in [0.1, 0.15) is 36.3 Å². The van der Waals surface area contributed by atoms with E-state index in [2.05, 4.69) is 22.3 Å². The van der Waals surface area contributed by atoms with E-state index >= 15 is 0 Å². The van der Waals surface area contributed by atoms with Crippen molar-refractivity contribution < 1.29 is 9.15 Å². The predicted molar refractivity (Wildman–Crippen MR) is 91.6 cm³/mol. The minimum atomic E-state index is 0.321. The molecule has 0 amide bonds. The fraction of sp³-hybridized carbons (Fsp3) is 0.632. The molecule has 0 N–H and O–H groups in total. The molecule has 24 heavy (non-hydrogen) atoms. The lowest BCUT2D eigenvalue weighted by Gasteiger charge is -2.27. The Morgan fingerprint density at radius 1 is 1.29 bits per heavy atom. The van der Waals surface area contributed by atoms with Crippen LogP contribution < -0.4 is 0 Å². The summed E-state index contributed by atoms with van der Waals surface area (Å²) in [6.45, 7) is 4.87. The van der Waals surface area contributed by atoms with E-state index in [-0.39, 0.29) is 0 Å². The standard InChI is InChI=1S/C19H27N3O2/c1-14-3-6-17(24-14)12-22-8-7-19(23-13-15-4-5-15)18(22)9-16-10-20-21(2)11-16/h3,6,10-11,15,18-19H,4-5,7-9,12-13H2,1-2H3/t18-,19+/m1/s1. The molecule has 0 unspecified atom stereocenters. The van der Waals surface area contributed by atoms with E-state index in [1.807, 2.05) is 30.9 Å². The molecule has 0 spiro atoms. The molecule has 1 saturated carbocycles. The molecule has 2 atom stereocenters. The van der Waals surface area contributed by atoms with Gasteiger partial charge in [-0.25, -0.2) is 0 Å². The summed E-state index contributed by atoms with van der Waals surface area (Å²) in [4.78, 5) is 2.52. The van der Waals surface area contributed by atoms with Crippen LogP contribution in [-0.4, -0.2) is 40.0 Å². The molecule has 1 saturated heterocycles. The molecule has 1 aliphatic heterocycles. The average Bonchev–Trinajstić information content (AvgIpc) is 2.98. The highest BCUT2D eigenvalue weighted by Crippen LogP contribution is 2.32. The summed E-state index contributed by atoms with van der Waals surface area (Å²) in [6, 6.07) is 4.54. The van der Waals surface area contributed by atoms with Gasteiger partial charge in [-0.1, -0.05) is 0 Å². The van der Waals surface area contributed by atoms with Gasteiger partial charge in [0.25, 0.3) is 0 Å². The third-order valence-electron chi connectivity index (χ3n) is 5.20. The first kappa shape index (κ1) is 15.9. The minimum Gasteiger partial charge on any atom is -0.465 e. The van der Waals surface area contributed by atoms with Gasteiger partial charge in [-0.15, -0.1) is 0 Å². The average molecular weight is 329 g/mol. The maximum absolute atomic E-state index is 6.29. The number of rotatable bonds is 7. The number of nitrogens with zero attached hydrogens (tertiary/aromatic N) is 3. The zero-order chi connectivity index (χ0) is 16.5. The van der Waals surface area contributed by atoms with E-state index < -0.39 is 0 Å². The van der Waals surface area contributed by atoms with Crippen molar-refractivity contribution in [2.45, 2.75) is 51.3 Å². The number of likely N-dealkylation sites (tertiary alicyclic amines) is 1. The van der Waals surface area contributed by atoms with Crippen molar-refractivity contribution in [3.8, 4) is 0 Å². The zero-order valence-corrected chi connectivity index (χ0v) is 14.6. The molecule has 2 aliphatic rings. The van der Waals surface area contributed by atoms with E-state index in [4.69, 9.17) is 9.15 Å². The third-order valence-corrected chi connectivity index (χ3v) is 5.20. The molecule has 2 aromatic rings. The van der Waals surface area contributed by atoms with Gasteiger partial charge in [-0.05, 0) is 56.2 Å². The molecule has 4 rings (SSSR count). The lowest BCUT2D eigenvalue weighted by molar-refractivity contribution is 0.0187. The van der Waals surface area contributed by atoms with Crippen LogP contribution >= 0.6 is 0 Å². The normalized spacial score (nSPS) is 24.8. The number of furan rings is 1. The number of hydrogen-bond acceptors (Lipinski definition) is 4. The smallest absolute Gasteiger partial charge is 0.118 e. The highest BCUT2D eigenvalue weighted by atomic mass is 16.5. The van der Waals surface area contributed by atoms with Crippen molar-refractivity contribution in [2.24, 2.45) is 13.0 Å². The molecular weight excluding hydrogens is 302 g/mol. The van der Waals surface area contributed by atoms with Crippen LogP contribution in [-0.2, 0) is 24.8 Å². The first-order valence-corrected chi connectivity index (χ1v) is 9.06. The van der Waals surface area contributed by atoms with Gasteiger partial charge in [0.15, 0.2) is 0 Å². The van der Waals surface area contributed by atoms with Crippen molar-refractivity contribution in [3.63, 3.8) is 0 Å². The topological polar surface area (TPSA) is 43.4 Å². The van der Waals surface area contributed by atoms with E-state index in [1.54, 1.807) is 0 Å². The summed E-state index contributed by atoms with van der Waals surface area (Å²) in [6.07, 6.45) is 9.20. The fourth-order valence-corrected chi connectivity index (χ4v) is 3.67. The third kappa shape index (κ3) is 3.73. The number of ether oxygens (including phenoxy) is 1. The fourth-order valence-electron chi connectivity index (χ4n) is 3.67. The molecule has 0 aromatic carbocycles. The van der Waals surface area contributed by atoms with Crippen LogP contribution in [0.3, 0.4) is 0 Å². The predicted octanol–water partition coefficient (Wildman–Crippen LogP) is 2.93. The maximum Gasteiger partial charge on any atom is 0.118 e. The Labute approximate surface area is 143 Å². The lowest BCUT2D eigenvalue weighted by Crippen LogP contribution is -2.38. The summed E-state index contributed by atoms with van der Waals surface area (Å²) in [5, 5.41) is 4.32. The van der Waals surface area contributed by atoms with Crippen molar-refractivity contribution in [2.75, 3.05) is 13.2 Å². The lowest BCUT2D eigenvalue weighted by atomic mass is 10.0. The number of aromatic nitrogens is 2. The summed E-state index contributed by atoms with van der Waals surface area (Å²) in [7, 11) is 1.97. The van der Waals surface area contributed by atoms with Crippen molar-refractivity contribution in [1.82, 2.24) is 14.7 Å². The molecule has 0 radical (unpaired) electrons. The van der Waals surface area contributed by atoms with Gasteiger partial charge in [-0.3, -0.25) is 9.58 Å². The second-order valence-electron chi connectivity index (χ2n) is 7.38. The largest absolute Gasteiger partial charge is 0.465 e. The van der Waals surface area contributed by atoms with E-state index in [0.717, 1.165) is 50.0 Å². The van der Waals surface area contributed by atoms with Crippen LogP contribution in [0.2, 0.25) is 0 Å². The Bertz CT molecular complexity index is 674. The summed E-state index contributed by atoms with van der Waals surface area (Å²) < 4.78 is 14.0. The molecule has 2 aromatic heterocycles. The van der Waals surface area contributed by atoms with Crippen molar-refractivity contribution in [3.05, 3.63) is 41.6 Å². The Hall–Kier alpha value is -1.59. The van der Waals surface area contributed by atoms with Gasteiger partial charge in [0.2, 0.25) is 0 Å². The molecule has 0 bridgehead atoms. The quantitative estimate of drug-likeness (QED) is 0.783. The Balaban J connectivity index is 1.45. The molecule has 130 valence electrons. The summed E-state index contributed by atoms with van der Waals surface area (Å²) in [5.41, 5.74) is 1.28. The highest BCUT2D eigenvalue weighted by Gasteiger charge is 2.36. The molecule has 5 nitrogen and oxygen atoms in total. The van der Waals surface area contributed by atoms with Crippen molar-refractivity contribution >= 4 is 0 Å². The van der Waals surface area contributed by atoms with Crippen LogP contribution in [0, 0.1) is 12.8 Å². The summed E-state index contributed by atoms with van der Waals surface area (Å²) in [5.74, 6) is 2.84. The first-order chi connectivity index (χ1) is 11.7. The second-order valence-corrected chi connectivity index (χ2v) is 7.38. The highest BCUT2D eigenvalue weighted by molar-refractivity contribution is 5.10. The molecular formula is C19H27N3O2. The van der Waals surface area contributed by atoms with E-state index in [1.165, 1.54) is 18.4 Å². The zero-order valence-electron chi connectivity index (χ0n) is 14.6. The molecule has 1 aliphatic carbocycles. The molecule has 3 heterocycles. The molecule has 2 fully saturated rings. The van der Waals surface area contributed by atoms with Crippen LogP contribution in [0.25, 0.3) is 0 Å². The first-order valence-electron chi connectivity index (χ1n) is 9.06. The van der Waals surface area contributed by atoms with Gasteiger partial charge >= 0.3 is 0 Å². The van der Waals surface area contributed by atoms with Gasteiger partial charge < -0.3 is 9.15 Å². The van der Waals surface area contributed by atoms with E-state index in [9.17, 15) is 0 Å². The summed E-state index contributed by atoms with van der Waals surface area (Å²) >= 11 is 0. The van der Waals surface area contributed by atoms with E-state index in [0.29, 0.717) is 12.1 Å². The van der Waals surface area contributed by atoms with Crippen molar-refractivity contribution in [1.29, 1.82) is 0 Å². The second kappa shape index (κ2) is 6.73. The van der Waals surface area contributed by atoms with Gasteiger partial charge in [0.1, 0.15) is 11.5 Å². The van der Waals surface area contributed by atoms with Crippen LogP contribution in [0.5, 0.6) is 0 Å². The Kier molecular flexibility index (Phi) is 4.46. The number of hydrogen-bond donors (Lipinski definition) is 0.